The summed E-state index contributed by atoms with van der Waals surface area (Å²) in [5.74, 6) is -0.274. The Balaban J connectivity index is 1.76. The number of thiophene rings is 1. The first-order chi connectivity index (χ1) is 10.6. The second-order valence-corrected chi connectivity index (χ2v) is 5.90. The molecule has 1 aromatic carbocycles. The molecule has 118 valence electrons. The number of rotatable bonds is 6. The number of halogens is 1. The molecular weight excluding hydrogens is 303 g/mol. The van der Waals surface area contributed by atoms with Crippen molar-refractivity contribution in [2.24, 2.45) is 0 Å². The Bertz CT molecular complexity index is 604. The zero-order chi connectivity index (χ0) is 15.9. The predicted octanol–water partition coefficient (Wildman–Crippen LogP) is 2.85. The van der Waals surface area contributed by atoms with Crippen molar-refractivity contribution >= 4 is 17.4 Å². The van der Waals surface area contributed by atoms with Crippen LogP contribution in [0.2, 0.25) is 0 Å². The number of urea groups is 1. The lowest BCUT2D eigenvalue weighted by Crippen LogP contribution is -2.43. The molecule has 0 aliphatic carbocycles. The Labute approximate surface area is 133 Å². The van der Waals surface area contributed by atoms with Crippen molar-refractivity contribution in [3.05, 3.63) is 58.0 Å². The molecule has 3 N–H and O–H groups in total. The van der Waals surface area contributed by atoms with E-state index in [0.717, 1.165) is 5.56 Å². The normalized spacial score (nSPS) is 13.4. The van der Waals surface area contributed by atoms with E-state index in [2.05, 4.69) is 10.6 Å². The number of nitrogens with one attached hydrogen (secondary N) is 2. The molecule has 2 atom stereocenters. The van der Waals surface area contributed by atoms with E-state index in [4.69, 9.17) is 0 Å². The van der Waals surface area contributed by atoms with Crippen LogP contribution in [0.25, 0.3) is 0 Å². The quantitative estimate of drug-likeness (QED) is 0.766. The van der Waals surface area contributed by atoms with Gasteiger partial charge < -0.3 is 15.7 Å². The molecule has 0 radical (unpaired) electrons. The SMILES string of the molecule is C[C@@H](Cc1ccccc1F)NC(=O)NC[C@@H](O)c1ccsc1. The standard InChI is InChI=1S/C16H19FN2O2S/c1-11(8-12-4-2-3-5-14(12)17)19-16(21)18-9-15(20)13-6-7-22-10-13/h2-7,10-11,15,20H,8-9H2,1H3,(H2,18,19,21)/t11-,15+/m0/s1. The molecule has 0 spiro atoms. The third-order valence-corrected chi connectivity index (χ3v) is 3.95. The molecular formula is C16H19FN2O2S. The topological polar surface area (TPSA) is 61.4 Å². The van der Waals surface area contributed by atoms with E-state index in [1.807, 2.05) is 16.8 Å². The second kappa shape index (κ2) is 7.91. The Morgan fingerprint density at radius 3 is 2.82 bits per heavy atom. The first-order valence-corrected chi connectivity index (χ1v) is 7.98. The molecule has 2 amide bonds. The van der Waals surface area contributed by atoms with Gasteiger partial charge in [0.15, 0.2) is 0 Å². The van der Waals surface area contributed by atoms with E-state index in [1.54, 1.807) is 25.1 Å². The van der Waals surface area contributed by atoms with Crippen molar-refractivity contribution in [2.45, 2.75) is 25.5 Å². The van der Waals surface area contributed by atoms with Crippen LogP contribution in [-0.4, -0.2) is 23.7 Å². The summed E-state index contributed by atoms with van der Waals surface area (Å²) in [4.78, 5) is 11.8. The predicted molar refractivity (Wildman–Crippen MR) is 85.4 cm³/mol. The highest BCUT2D eigenvalue weighted by atomic mass is 32.1. The molecule has 0 saturated carbocycles. The summed E-state index contributed by atoms with van der Waals surface area (Å²) in [6, 6.07) is 7.73. The summed E-state index contributed by atoms with van der Waals surface area (Å²) < 4.78 is 13.5. The van der Waals surface area contributed by atoms with Gasteiger partial charge in [-0.3, -0.25) is 0 Å². The van der Waals surface area contributed by atoms with Crippen molar-refractivity contribution in [2.75, 3.05) is 6.54 Å². The van der Waals surface area contributed by atoms with Gasteiger partial charge in [-0.1, -0.05) is 18.2 Å². The second-order valence-electron chi connectivity index (χ2n) is 5.12. The molecule has 0 fully saturated rings. The lowest BCUT2D eigenvalue weighted by molar-refractivity contribution is 0.173. The molecule has 0 unspecified atom stereocenters. The van der Waals surface area contributed by atoms with Crippen LogP contribution < -0.4 is 10.6 Å². The maximum atomic E-state index is 13.5. The van der Waals surface area contributed by atoms with Crippen LogP contribution in [0.3, 0.4) is 0 Å². The lowest BCUT2D eigenvalue weighted by Gasteiger charge is -2.16. The van der Waals surface area contributed by atoms with Crippen molar-refractivity contribution in [1.82, 2.24) is 10.6 Å². The highest BCUT2D eigenvalue weighted by Gasteiger charge is 2.12. The fourth-order valence-electron chi connectivity index (χ4n) is 2.09. The first kappa shape index (κ1) is 16.5. The summed E-state index contributed by atoms with van der Waals surface area (Å²) in [6.07, 6.45) is -0.313. The van der Waals surface area contributed by atoms with Crippen LogP contribution >= 0.6 is 11.3 Å². The zero-order valence-corrected chi connectivity index (χ0v) is 13.1. The maximum absolute atomic E-state index is 13.5. The molecule has 0 saturated heterocycles. The summed E-state index contributed by atoms with van der Waals surface area (Å²) in [7, 11) is 0. The van der Waals surface area contributed by atoms with E-state index in [-0.39, 0.29) is 24.4 Å². The fraction of sp³-hybridized carbons (Fsp3) is 0.312. The molecule has 0 bridgehead atoms. The number of aliphatic hydroxyl groups is 1. The number of carbonyl (C=O) groups is 1. The minimum Gasteiger partial charge on any atom is -0.387 e. The van der Waals surface area contributed by atoms with Gasteiger partial charge in [-0.2, -0.15) is 11.3 Å². The monoisotopic (exact) mass is 322 g/mol. The van der Waals surface area contributed by atoms with Crippen LogP contribution in [0.4, 0.5) is 9.18 Å². The molecule has 2 aromatic rings. The number of hydrogen-bond donors (Lipinski definition) is 3. The summed E-state index contributed by atoms with van der Waals surface area (Å²) in [5, 5.41) is 18.9. The van der Waals surface area contributed by atoms with Crippen molar-refractivity contribution in [3.8, 4) is 0 Å². The number of benzene rings is 1. The van der Waals surface area contributed by atoms with Gasteiger partial charge in [0.1, 0.15) is 5.82 Å². The van der Waals surface area contributed by atoms with Gasteiger partial charge in [-0.05, 0) is 47.4 Å². The molecule has 2 rings (SSSR count). The average Bonchev–Trinajstić information content (AvgIpc) is 3.01. The van der Waals surface area contributed by atoms with Gasteiger partial charge in [0.2, 0.25) is 0 Å². The molecule has 4 nitrogen and oxygen atoms in total. The summed E-state index contributed by atoms with van der Waals surface area (Å²) >= 11 is 1.49. The van der Waals surface area contributed by atoms with Crippen LogP contribution in [-0.2, 0) is 6.42 Å². The summed E-state index contributed by atoms with van der Waals surface area (Å²) in [6.45, 7) is 1.94. The molecule has 1 heterocycles. The highest BCUT2D eigenvalue weighted by Crippen LogP contribution is 2.15. The van der Waals surface area contributed by atoms with Crippen molar-refractivity contribution in [1.29, 1.82) is 0 Å². The van der Waals surface area contributed by atoms with Gasteiger partial charge >= 0.3 is 6.03 Å². The van der Waals surface area contributed by atoms with E-state index in [9.17, 15) is 14.3 Å². The number of carbonyl (C=O) groups excluding carboxylic acids is 1. The van der Waals surface area contributed by atoms with Gasteiger partial charge in [0, 0.05) is 12.6 Å². The number of amides is 2. The molecule has 0 aliphatic heterocycles. The van der Waals surface area contributed by atoms with Gasteiger partial charge in [-0.25, -0.2) is 9.18 Å². The van der Waals surface area contributed by atoms with Gasteiger partial charge in [0.05, 0.1) is 6.10 Å². The molecule has 1 aromatic heterocycles. The fourth-order valence-corrected chi connectivity index (χ4v) is 2.80. The van der Waals surface area contributed by atoms with Crippen LogP contribution in [0.15, 0.2) is 41.1 Å². The Morgan fingerprint density at radius 2 is 2.14 bits per heavy atom. The van der Waals surface area contributed by atoms with Gasteiger partial charge in [0.25, 0.3) is 0 Å². The third kappa shape index (κ3) is 4.82. The highest BCUT2D eigenvalue weighted by molar-refractivity contribution is 7.07. The van der Waals surface area contributed by atoms with Crippen LogP contribution in [0, 0.1) is 5.82 Å². The smallest absolute Gasteiger partial charge is 0.315 e. The number of aliphatic hydroxyl groups excluding tert-OH is 1. The Hall–Kier alpha value is -1.92. The Morgan fingerprint density at radius 1 is 1.36 bits per heavy atom. The van der Waals surface area contributed by atoms with E-state index < -0.39 is 6.10 Å². The van der Waals surface area contributed by atoms with Crippen LogP contribution in [0.5, 0.6) is 0 Å². The lowest BCUT2D eigenvalue weighted by atomic mass is 10.1. The van der Waals surface area contributed by atoms with Crippen LogP contribution in [0.1, 0.15) is 24.2 Å². The van der Waals surface area contributed by atoms with Crippen molar-refractivity contribution in [3.63, 3.8) is 0 Å². The molecule has 22 heavy (non-hydrogen) atoms. The first-order valence-electron chi connectivity index (χ1n) is 7.04. The third-order valence-electron chi connectivity index (χ3n) is 3.25. The summed E-state index contributed by atoms with van der Waals surface area (Å²) in [5.41, 5.74) is 1.35. The minimum absolute atomic E-state index is 0.134. The van der Waals surface area contributed by atoms with E-state index in [1.165, 1.54) is 17.4 Å². The van der Waals surface area contributed by atoms with E-state index >= 15 is 0 Å². The largest absolute Gasteiger partial charge is 0.387 e. The maximum Gasteiger partial charge on any atom is 0.315 e. The minimum atomic E-state index is -0.723. The molecule has 6 heteroatoms. The van der Waals surface area contributed by atoms with Gasteiger partial charge in [-0.15, -0.1) is 0 Å². The Kier molecular flexibility index (Phi) is 5.91. The zero-order valence-electron chi connectivity index (χ0n) is 12.3. The number of hydrogen-bond acceptors (Lipinski definition) is 3. The van der Waals surface area contributed by atoms with Crippen molar-refractivity contribution < 1.29 is 14.3 Å². The van der Waals surface area contributed by atoms with E-state index in [0.29, 0.717) is 12.0 Å². The molecule has 0 aliphatic rings. The average molecular weight is 322 g/mol.